The maximum atomic E-state index is 6.15. The number of benzene rings is 1. The number of nitrogens with zero attached hydrogens (tertiary/aromatic N) is 1. The van der Waals surface area contributed by atoms with Crippen LogP contribution in [0, 0.1) is 12.3 Å². The Labute approximate surface area is 118 Å². The topological polar surface area (TPSA) is 29.3 Å². The Morgan fingerprint density at radius 3 is 2.32 bits per heavy atom. The summed E-state index contributed by atoms with van der Waals surface area (Å²) >= 11 is 0. The highest BCUT2D eigenvalue weighted by Crippen LogP contribution is 2.36. The summed E-state index contributed by atoms with van der Waals surface area (Å²) in [4.78, 5) is 2.41. The highest BCUT2D eigenvalue weighted by atomic mass is 15.1. The van der Waals surface area contributed by atoms with Gasteiger partial charge in [0, 0.05) is 24.7 Å². The number of para-hydroxylation sites is 1. The van der Waals surface area contributed by atoms with Crippen molar-refractivity contribution in [3.05, 3.63) is 29.8 Å². The Morgan fingerprint density at radius 1 is 1.11 bits per heavy atom. The molecule has 1 saturated carbocycles. The van der Waals surface area contributed by atoms with Gasteiger partial charge in [0.25, 0.3) is 0 Å². The molecule has 0 aliphatic heterocycles. The van der Waals surface area contributed by atoms with Crippen molar-refractivity contribution in [1.82, 2.24) is 0 Å². The molecule has 2 nitrogen and oxygen atoms in total. The van der Waals surface area contributed by atoms with Crippen LogP contribution in [0.25, 0.3) is 0 Å². The van der Waals surface area contributed by atoms with Gasteiger partial charge in [-0.2, -0.15) is 0 Å². The number of hydrogen-bond donors (Lipinski definition) is 1. The molecule has 2 rings (SSSR count). The van der Waals surface area contributed by atoms with E-state index in [-0.39, 0.29) is 0 Å². The fraction of sp³-hybridized carbons (Fsp3) is 0.647. The van der Waals surface area contributed by atoms with Crippen LogP contribution in [0.15, 0.2) is 24.3 Å². The largest absolute Gasteiger partial charge is 0.374 e. The van der Waals surface area contributed by atoms with Crippen LogP contribution in [-0.2, 0) is 0 Å². The minimum atomic E-state index is 0.327. The minimum Gasteiger partial charge on any atom is -0.374 e. The van der Waals surface area contributed by atoms with E-state index in [1.807, 2.05) is 0 Å². The fourth-order valence-electron chi connectivity index (χ4n) is 3.49. The van der Waals surface area contributed by atoms with Crippen LogP contribution < -0.4 is 10.6 Å². The van der Waals surface area contributed by atoms with E-state index in [1.165, 1.54) is 49.8 Å². The quantitative estimate of drug-likeness (QED) is 0.836. The Hall–Kier alpha value is -1.02. The standard InChI is InChI=1S/C17H28N2/c1-15-9-5-6-10-16(15)19(2)14-17(13-18)11-7-3-4-8-12-17/h5-6,9-10H,3-4,7-8,11-14,18H2,1-2H3. The van der Waals surface area contributed by atoms with Crippen LogP contribution in [0.5, 0.6) is 0 Å². The van der Waals surface area contributed by atoms with Crippen molar-refractivity contribution in [2.24, 2.45) is 11.1 Å². The van der Waals surface area contributed by atoms with Crippen LogP contribution in [0.4, 0.5) is 5.69 Å². The molecular weight excluding hydrogens is 232 g/mol. The molecule has 0 bridgehead atoms. The van der Waals surface area contributed by atoms with Crippen molar-refractivity contribution in [1.29, 1.82) is 0 Å². The Balaban J connectivity index is 2.11. The molecule has 0 unspecified atom stereocenters. The summed E-state index contributed by atoms with van der Waals surface area (Å²) in [5.74, 6) is 0. The molecule has 0 spiro atoms. The lowest BCUT2D eigenvalue weighted by molar-refractivity contribution is 0.262. The van der Waals surface area contributed by atoms with Crippen LogP contribution >= 0.6 is 0 Å². The van der Waals surface area contributed by atoms with Crippen molar-refractivity contribution in [3.8, 4) is 0 Å². The molecule has 2 heteroatoms. The predicted octanol–water partition coefficient (Wildman–Crippen LogP) is 3.73. The van der Waals surface area contributed by atoms with E-state index < -0.39 is 0 Å². The summed E-state index contributed by atoms with van der Waals surface area (Å²) in [7, 11) is 2.21. The minimum absolute atomic E-state index is 0.327. The van der Waals surface area contributed by atoms with Gasteiger partial charge in [-0.3, -0.25) is 0 Å². The van der Waals surface area contributed by atoms with Gasteiger partial charge in [-0.15, -0.1) is 0 Å². The fourth-order valence-corrected chi connectivity index (χ4v) is 3.49. The lowest BCUT2D eigenvalue weighted by Crippen LogP contribution is -2.41. The molecule has 106 valence electrons. The number of hydrogen-bond acceptors (Lipinski definition) is 2. The van der Waals surface area contributed by atoms with Crippen molar-refractivity contribution in [3.63, 3.8) is 0 Å². The van der Waals surface area contributed by atoms with Crippen molar-refractivity contribution >= 4 is 5.69 Å². The van der Waals surface area contributed by atoms with E-state index in [0.717, 1.165) is 13.1 Å². The van der Waals surface area contributed by atoms with E-state index in [0.29, 0.717) is 5.41 Å². The van der Waals surface area contributed by atoms with Gasteiger partial charge in [0.2, 0.25) is 0 Å². The molecule has 1 aliphatic carbocycles. The van der Waals surface area contributed by atoms with Gasteiger partial charge >= 0.3 is 0 Å². The Bertz CT molecular complexity index is 392. The second-order valence-corrected chi connectivity index (χ2v) is 6.26. The molecule has 0 radical (unpaired) electrons. The molecule has 0 saturated heterocycles. The monoisotopic (exact) mass is 260 g/mol. The summed E-state index contributed by atoms with van der Waals surface area (Å²) in [6, 6.07) is 8.64. The molecule has 1 aromatic carbocycles. The summed E-state index contributed by atoms with van der Waals surface area (Å²) in [6.45, 7) is 4.10. The van der Waals surface area contributed by atoms with E-state index >= 15 is 0 Å². The molecule has 0 aromatic heterocycles. The zero-order chi connectivity index (χ0) is 13.7. The second-order valence-electron chi connectivity index (χ2n) is 6.26. The van der Waals surface area contributed by atoms with E-state index in [1.54, 1.807) is 0 Å². The first-order valence-electron chi connectivity index (χ1n) is 7.64. The zero-order valence-electron chi connectivity index (χ0n) is 12.5. The first kappa shape index (κ1) is 14.4. The van der Waals surface area contributed by atoms with Gasteiger partial charge < -0.3 is 10.6 Å². The molecular formula is C17H28N2. The third-order valence-electron chi connectivity index (χ3n) is 4.70. The third kappa shape index (κ3) is 3.50. The molecule has 1 aromatic rings. The number of nitrogens with two attached hydrogens (primary N) is 1. The molecule has 0 atom stereocenters. The van der Waals surface area contributed by atoms with Gasteiger partial charge in [0.05, 0.1) is 0 Å². The first-order chi connectivity index (χ1) is 9.17. The van der Waals surface area contributed by atoms with Crippen LogP contribution in [0.1, 0.15) is 44.1 Å². The number of rotatable bonds is 4. The SMILES string of the molecule is Cc1ccccc1N(C)CC1(CN)CCCCCC1. The summed E-state index contributed by atoms with van der Waals surface area (Å²) in [5, 5.41) is 0. The van der Waals surface area contributed by atoms with E-state index in [4.69, 9.17) is 5.73 Å². The molecule has 1 fully saturated rings. The summed E-state index contributed by atoms with van der Waals surface area (Å²) in [6.07, 6.45) is 8.04. The smallest absolute Gasteiger partial charge is 0.0393 e. The molecule has 0 amide bonds. The lowest BCUT2D eigenvalue weighted by atomic mass is 9.80. The Kier molecular flexibility index (Phi) is 4.87. The maximum Gasteiger partial charge on any atom is 0.0393 e. The summed E-state index contributed by atoms with van der Waals surface area (Å²) < 4.78 is 0. The average molecular weight is 260 g/mol. The number of anilines is 1. The van der Waals surface area contributed by atoms with Crippen LogP contribution in [-0.4, -0.2) is 20.1 Å². The first-order valence-corrected chi connectivity index (χ1v) is 7.64. The van der Waals surface area contributed by atoms with E-state index in [2.05, 4.69) is 43.1 Å². The molecule has 2 N–H and O–H groups in total. The van der Waals surface area contributed by atoms with Crippen molar-refractivity contribution in [2.75, 3.05) is 25.0 Å². The van der Waals surface area contributed by atoms with Crippen LogP contribution in [0.3, 0.4) is 0 Å². The van der Waals surface area contributed by atoms with Gasteiger partial charge in [0.15, 0.2) is 0 Å². The van der Waals surface area contributed by atoms with Gasteiger partial charge in [-0.25, -0.2) is 0 Å². The van der Waals surface area contributed by atoms with Crippen molar-refractivity contribution < 1.29 is 0 Å². The maximum absolute atomic E-state index is 6.15. The van der Waals surface area contributed by atoms with Gasteiger partial charge in [-0.1, -0.05) is 43.9 Å². The Morgan fingerprint density at radius 2 is 1.74 bits per heavy atom. The lowest BCUT2D eigenvalue weighted by Gasteiger charge is -2.37. The highest BCUT2D eigenvalue weighted by molar-refractivity contribution is 5.52. The van der Waals surface area contributed by atoms with Crippen molar-refractivity contribution in [2.45, 2.75) is 45.4 Å². The number of aryl methyl sites for hydroxylation is 1. The molecule has 1 aliphatic rings. The third-order valence-corrected chi connectivity index (χ3v) is 4.70. The zero-order valence-corrected chi connectivity index (χ0v) is 12.5. The summed E-state index contributed by atoms with van der Waals surface area (Å²) in [5.41, 5.74) is 9.17. The second kappa shape index (κ2) is 6.42. The normalized spacial score (nSPS) is 18.9. The van der Waals surface area contributed by atoms with E-state index in [9.17, 15) is 0 Å². The van der Waals surface area contributed by atoms with Gasteiger partial charge in [-0.05, 0) is 37.9 Å². The highest BCUT2D eigenvalue weighted by Gasteiger charge is 2.31. The molecule has 19 heavy (non-hydrogen) atoms. The average Bonchev–Trinajstić information content (AvgIpc) is 2.65. The van der Waals surface area contributed by atoms with Crippen LogP contribution in [0.2, 0.25) is 0 Å². The predicted molar refractivity (Wildman–Crippen MR) is 83.6 cm³/mol. The molecule has 0 heterocycles. The van der Waals surface area contributed by atoms with Gasteiger partial charge in [0.1, 0.15) is 0 Å².